The smallest absolute Gasteiger partial charge is 0.249 e. The maximum absolute atomic E-state index is 14.2. The van der Waals surface area contributed by atoms with E-state index in [0.29, 0.717) is 23.0 Å². The van der Waals surface area contributed by atoms with Crippen LogP contribution in [-0.2, 0) is 28.5 Å². The fourth-order valence-electron chi connectivity index (χ4n) is 8.91. The molecule has 10 bridgehead atoms. The molecule has 13 nitrogen and oxygen atoms in total. The predicted molar refractivity (Wildman–Crippen MR) is 202 cm³/mol. The van der Waals surface area contributed by atoms with Crippen LogP contribution in [0.4, 0.5) is 5.69 Å². The van der Waals surface area contributed by atoms with Crippen molar-refractivity contribution in [3.8, 4) is 45.5 Å². The average molecular weight is 741 g/mol. The van der Waals surface area contributed by atoms with Gasteiger partial charge in [0.05, 0.1) is 18.8 Å². The van der Waals surface area contributed by atoms with Crippen LogP contribution in [0.2, 0.25) is 0 Å². The molecule has 5 atom stereocenters. The van der Waals surface area contributed by atoms with E-state index < -0.39 is 41.6 Å². The molecular weight excluding hydrogens is 700 g/mol. The summed E-state index contributed by atoms with van der Waals surface area (Å²) in [6, 6.07) is 14.4. The van der Waals surface area contributed by atoms with Gasteiger partial charge in [-0.3, -0.25) is 9.59 Å². The standard InChI is InChI=1S/C42H40N6O7/c1-18(2)31-40-46-33-36(55-40)42-24-9-7-8-22(21-11-13-28(52-6)34-30(21)23(17-48(34)5)29-16-43-39(33)53-29)32(24)47-41(42)54-27-12-10-20(14-25(27)42)15-26(37(50)45-31)44-38(51)35(49)19(3)4/h7-14,16-19,26,31,35,41,47,49H,15H2,1-6H3,(H,44,51)(H,45,50). The number of aromatic nitrogens is 3. The first-order chi connectivity index (χ1) is 26.5. The molecule has 4 aliphatic heterocycles. The summed E-state index contributed by atoms with van der Waals surface area (Å²) in [5.41, 5.74) is 6.33. The highest BCUT2D eigenvalue weighted by molar-refractivity contribution is 6.10. The van der Waals surface area contributed by atoms with Gasteiger partial charge >= 0.3 is 0 Å². The van der Waals surface area contributed by atoms with Gasteiger partial charge in [0, 0.05) is 53.0 Å². The highest BCUT2D eigenvalue weighted by Crippen LogP contribution is 2.61. The number of hydrogen-bond donors (Lipinski definition) is 4. The number of methoxy groups -OCH3 is 1. The summed E-state index contributed by atoms with van der Waals surface area (Å²) in [4.78, 5) is 37.4. The van der Waals surface area contributed by atoms with E-state index in [1.807, 2.05) is 55.9 Å². The number of fused-ring (bicyclic) bond motifs is 7. The molecule has 7 heterocycles. The molecular formula is C42H40N6O7. The van der Waals surface area contributed by atoms with Gasteiger partial charge in [-0.1, -0.05) is 58.0 Å². The molecule has 55 heavy (non-hydrogen) atoms. The minimum Gasteiger partial charge on any atom is -0.495 e. The number of aryl methyl sites for hydroxylation is 1. The van der Waals surface area contributed by atoms with Crippen LogP contribution in [0.3, 0.4) is 0 Å². The fraction of sp³-hybridized carbons (Fsp3) is 0.333. The second kappa shape index (κ2) is 11.7. The van der Waals surface area contributed by atoms with Crippen LogP contribution < -0.4 is 25.4 Å². The van der Waals surface area contributed by atoms with Crippen LogP contribution >= 0.6 is 0 Å². The minimum atomic E-state index is -1.29. The van der Waals surface area contributed by atoms with Crippen molar-refractivity contribution < 1.29 is 33.0 Å². The Balaban J connectivity index is 1.29. The summed E-state index contributed by atoms with van der Waals surface area (Å²) >= 11 is 0. The highest BCUT2D eigenvalue weighted by Gasteiger charge is 2.61. The number of benzene rings is 3. The second-order valence-electron chi connectivity index (χ2n) is 15.6. The zero-order chi connectivity index (χ0) is 38.1. The van der Waals surface area contributed by atoms with Gasteiger partial charge in [-0.2, -0.15) is 0 Å². The van der Waals surface area contributed by atoms with Crippen molar-refractivity contribution in [2.45, 2.75) is 63.9 Å². The number of para-hydroxylation sites is 1. The normalized spacial score (nSPS) is 22.0. The Morgan fingerprint density at radius 2 is 1.89 bits per heavy atom. The largest absolute Gasteiger partial charge is 0.495 e. The molecule has 3 aromatic carbocycles. The molecule has 0 radical (unpaired) electrons. The number of nitrogens with zero attached hydrogens (tertiary/aromatic N) is 3. The Morgan fingerprint density at radius 1 is 1.05 bits per heavy atom. The Morgan fingerprint density at radius 3 is 2.67 bits per heavy atom. The van der Waals surface area contributed by atoms with Gasteiger partial charge in [-0.15, -0.1) is 0 Å². The first-order valence-electron chi connectivity index (χ1n) is 18.6. The van der Waals surface area contributed by atoms with E-state index in [-0.39, 0.29) is 30.0 Å². The Labute approximate surface area is 316 Å². The summed E-state index contributed by atoms with van der Waals surface area (Å²) in [6.45, 7) is 7.43. The van der Waals surface area contributed by atoms with Gasteiger partial charge in [0.15, 0.2) is 23.4 Å². The third-order valence-electron chi connectivity index (χ3n) is 11.6. The molecule has 4 N–H and O–H groups in total. The van der Waals surface area contributed by atoms with Crippen LogP contribution in [0.15, 0.2) is 69.8 Å². The van der Waals surface area contributed by atoms with Crippen molar-refractivity contribution in [3.63, 3.8) is 0 Å². The van der Waals surface area contributed by atoms with E-state index in [1.54, 1.807) is 27.2 Å². The van der Waals surface area contributed by atoms with E-state index in [2.05, 4.69) is 40.2 Å². The number of oxazole rings is 2. The molecule has 0 saturated carbocycles. The number of anilines is 1. The maximum atomic E-state index is 14.2. The van der Waals surface area contributed by atoms with Crippen LogP contribution in [0.1, 0.15) is 62.1 Å². The highest BCUT2D eigenvalue weighted by atomic mass is 16.5. The number of carbonyl (C=O) groups excluding carboxylic acids is 2. The molecule has 13 heteroatoms. The maximum Gasteiger partial charge on any atom is 0.249 e. The van der Waals surface area contributed by atoms with Gasteiger partial charge in [-0.25, -0.2) is 9.97 Å². The number of nitrogens with one attached hydrogen (secondary N) is 3. The summed E-state index contributed by atoms with van der Waals surface area (Å²) < 4.78 is 28.5. The molecule has 0 aliphatic carbocycles. The molecule has 3 aromatic heterocycles. The molecule has 10 rings (SSSR count). The zero-order valence-electron chi connectivity index (χ0n) is 31.2. The predicted octanol–water partition coefficient (Wildman–Crippen LogP) is 5.83. The SMILES string of the molecule is COc1ccc2c3c(cn(C)c13)-c1cnc(o1)-c1nc3oc1C14c5cc(ccc5OC1Nc1c-2cccc14)CC(NC(=O)C(O)C(C)C)C(=O)NC3C(C)C. The van der Waals surface area contributed by atoms with E-state index in [1.165, 1.54) is 0 Å². The number of aliphatic hydroxyl groups excluding tert-OH is 1. The van der Waals surface area contributed by atoms with Gasteiger partial charge in [0.2, 0.25) is 23.6 Å². The van der Waals surface area contributed by atoms with Crippen LogP contribution in [0.5, 0.6) is 11.5 Å². The topological polar surface area (TPSA) is 166 Å². The van der Waals surface area contributed by atoms with Gasteiger partial charge in [0.1, 0.15) is 35.1 Å². The molecule has 5 unspecified atom stereocenters. The van der Waals surface area contributed by atoms with E-state index in [9.17, 15) is 14.7 Å². The quantitative estimate of drug-likeness (QED) is 0.169. The van der Waals surface area contributed by atoms with Crippen molar-refractivity contribution >= 4 is 28.4 Å². The average Bonchev–Trinajstić information content (AvgIpc) is 3.99. The molecule has 6 aromatic rings. The van der Waals surface area contributed by atoms with E-state index in [4.69, 9.17) is 28.3 Å². The van der Waals surface area contributed by atoms with Crippen molar-refractivity contribution in [2.75, 3.05) is 12.4 Å². The lowest BCUT2D eigenvalue weighted by Crippen LogP contribution is -2.52. The number of rotatable bonds is 5. The lowest BCUT2D eigenvalue weighted by molar-refractivity contribution is -0.135. The van der Waals surface area contributed by atoms with Crippen LogP contribution in [-0.4, -0.2) is 56.9 Å². The summed E-state index contributed by atoms with van der Waals surface area (Å²) in [7, 11) is 3.65. The third-order valence-corrected chi connectivity index (χ3v) is 11.6. The lowest BCUT2D eigenvalue weighted by atomic mass is 9.72. The number of carbonyl (C=O) groups is 2. The Bertz CT molecular complexity index is 2600. The molecule has 0 saturated heterocycles. The van der Waals surface area contributed by atoms with Crippen LogP contribution in [0.25, 0.3) is 44.9 Å². The zero-order valence-corrected chi connectivity index (χ0v) is 31.2. The van der Waals surface area contributed by atoms with E-state index in [0.717, 1.165) is 55.7 Å². The first kappa shape index (κ1) is 33.5. The van der Waals surface area contributed by atoms with Crippen molar-refractivity contribution in [1.29, 1.82) is 0 Å². The first-order valence-corrected chi connectivity index (χ1v) is 18.6. The van der Waals surface area contributed by atoms with Gasteiger partial charge in [-0.05, 0) is 41.2 Å². The summed E-state index contributed by atoms with van der Waals surface area (Å²) in [5, 5.41) is 21.3. The Hall–Kier alpha value is -6.08. The van der Waals surface area contributed by atoms with E-state index >= 15 is 0 Å². The number of ether oxygens (including phenoxy) is 2. The molecule has 1 spiro atoms. The van der Waals surface area contributed by atoms with Crippen molar-refractivity contribution in [2.24, 2.45) is 18.9 Å². The molecule has 2 amide bonds. The molecule has 280 valence electrons. The lowest BCUT2D eigenvalue weighted by Gasteiger charge is -2.29. The Kier molecular flexibility index (Phi) is 7.13. The monoisotopic (exact) mass is 740 g/mol. The molecule has 0 fully saturated rings. The number of aliphatic hydroxyl groups is 1. The minimum absolute atomic E-state index is 0.157. The molecule has 4 aliphatic rings. The number of hydrogen-bond acceptors (Lipinski definition) is 10. The van der Waals surface area contributed by atoms with Crippen molar-refractivity contribution in [3.05, 3.63) is 89.3 Å². The van der Waals surface area contributed by atoms with Gasteiger partial charge < -0.3 is 43.9 Å². The van der Waals surface area contributed by atoms with Gasteiger partial charge in [0.25, 0.3) is 0 Å². The van der Waals surface area contributed by atoms with Crippen LogP contribution in [0, 0.1) is 11.8 Å². The van der Waals surface area contributed by atoms with Crippen molar-refractivity contribution in [1.82, 2.24) is 25.2 Å². The fourth-order valence-corrected chi connectivity index (χ4v) is 8.91. The second-order valence-corrected chi connectivity index (χ2v) is 15.6. The number of amides is 2. The third kappa shape index (κ3) is 4.56. The summed E-state index contributed by atoms with van der Waals surface area (Å²) in [6.07, 6.45) is 1.93. The summed E-state index contributed by atoms with van der Waals surface area (Å²) in [5.74, 6) is 1.30.